The number of ether oxygens (including phenoxy) is 1. The zero-order valence-electron chi connectivity index (χ0n) is 13.7. The van der Waals surface area contributed by atoms with Crippen LogP contribution in [0.5, 0.6) is 5.75 Å². The molecule has 0 unspecified atom stereocenters. The van der Waals surface area contributed by atoms with Gasteiger partial charge in [0.2, 0.25) is 0 Å². The Bertz CT molecular complexity index is 705. The fraction of sp³-hybridized carbons (Fsp3) is 0.444. The molecule has 1 aliphatic heterocycles. The van der Waals surface area contributed by atoms with Gasteiger partial charge in [0.1, 0.15) is 18.5 Å². The minimum absolute atomic E-state index is 0.177. The molecule has 6 nitrogen and oxygen atoms in total. The standard InChI is InChI=1S/C18H21N3O3/c1-13-9-18(24-20-13)17-3-2-8-21(17)11-15(22)12-23-16-6-4-14(10-19)5-7-16/h4-7,9,15,17,22H,2-3,8,11-12H2,1H3/t15-,17-/m0/s1. The van der Waals surface area contributed by atoms with E-state index < -0.39 is 6.10 Å². The third-order valence-corrected chi connectivity index (χ3v) is 4.21. The first-order valence-electron chi connectivity index (χ1n) is 8.14. The second-order valence-corrected chi connectivity index (χ2v) is 6.12. The van der Waals surface area contributed by atoms with Gasteiger partial charge in [-0.1, -0.05) is 5.16 Å². The first-order valence-corrected chi connectivity index (χ1v) is 8.14. The third-order valence-electron chi connectivity index (χ3n) is 4.21. The molecule has 2 aromatic rings. The minimum atomic E-state index is -0.592. The smallest absolute Gasteiger partial charge is 0.154 e. The van der Waals surface area contributed by atoms with Gasteiger partial charge in [-0.05, 0) is 50.6 Å². The molecule has 0 radical (unpaired) electrons. The van der Waals surface area contributed by atoms with E-state index in [0.29, 0.717) is 17.9 Å². The van der Waals surface area contributed by atoms with Crippen LogP contribution in [-0.2, 0) is 0 Å². The molecule has 0 aliphatic carbocycles. The summed E-state index contributed by atoms with van der Waals surface area (Å²) in [6.07, 6.45) is 1.50. The van der Waals surface area contributed by atoms with Crippen molar-refractivity contribution in [2.45, 2.75) is 31.9 Å². The van der Waals surface area contributed by atoms with Crippen molar-refractivity contribution in [1.29, 1.82) is 5.26 Å². The van der Waals surface area contributed by atoms with Crippen molar-refractivity contribution in [2.75, 3.05) is 19.7 Å². The summed E-state index contributed by atoms with van der Waals surface area (Å²) in [6.45, 7) is 3.58. The van der Waals surface area contributed by atoms with E-state index in [1.54, 1.807) is 24.3 Å². The lowest BCUT2D eigenvalue weighted by atomic mass is 10.1. The lowest BCUT2D eigenvalue weighted by molar-refractivity contribution is 0.0598. The molecule has 0 spiro atoms. The monoisotopic (exact) mass is 327 g/mol. The molecule has 1 aromatic heterocycles. The van der Waals surface area contributed by atoms with Gasteiger partial charge in [-0.3, -0.25) is 4.90 Å². The van der Waals surface area contributed by atoms with Crippen LogP contribution in [-0.4, -0.2) is 41.0 Å². The Balaban J connectivity index is 1.52. The Morgan fingerprint density at radius 2 is 2.25 bits per heavy atom. The Kier molecular flexibility index (Phi) is 5.14. The molecule has 1 fully saturated rings. The molecule has 6 heteroatoms. The van der Waals surface area contributed by atoms with Gasteiger partial charge in [0.25, 0.3) is 0 Å². The SMILES string of the molecule is Cc1cc([C@@H]2CCCN2C[C@H](O)COc2ccc(C#N)cc2)on1. The number of likely N-dealkylation sites (tertiary alicyclic amines) is 1. The van der Waals surface area contributed by atoms with Crippen molar-refractivity contribution < 1.29 is 14.4 Å². The van der Waals surface area contributed by atoms with Gasteiger partial charge in [-0.25, -0.2) is 0 Å². The summed E-state index contributed by atoms with van der Waals surface area (Å²) in [7, 11) is 0. The fourth-order valence-corrected chi connectivity index (χ4v) is 3.05. The average molecular weight is 327 g/mol. The van der Waals surface area contributed by atoms with E-state index in [1.807, 2.05) is 13.0 Å². The zero-order chi connectivity index (χ0) is 16.9. The Hall–Kier alpha value is -2.36. The van der Waals surface area contributed by atoms with E-state index in [1.165, 1.54) is 0 Å². The number of nitriles is 1. The van der Waals surface area contributed by atoms with Crippen LogP contribution >= 0.6 is 0 Å². The molecule has 0 amide bonds. The maximum atomic E-state index is 10.3. The number of rotatable bonds is 6. The normalized spacial score (nSPS) is 19.1. The maximum Gasteiger partial charge on any atom is 0.154 e. The van der Waals surface area contributed by atoms with Crippen LogP contribution in [0.2, 0.25) is 0 Å². The van der Waals surface area contributed by atoms with Crippen LogP contribution in [0.3, 0.4) is 0 Å². The molecule has 1 aromatic carbocycles. The van der Waals surface area contributed by atoms with Gasteiger partial charge in [0.05, 0.1) is 23.4 Å². The first kappa shape index (κ1) is 16.5. The highest BCUT2D eigenvalue weighted by atomic mass is 16.5. The van der Waals surface area contributed by atoms with Crippen molar-refractivity contribution in [3.8, 4) is 11.8 Å². The van der Waals surface area contributed by atoms with E-state index in [4.69, 9.17) is 14.5 Å². The molecule has 2 heterocycles. The summed E-state index contributed by atoms with van der Waals surface area (Å²) < 4.78 is 11.0. The zero-order valence-corrected chi connectivity index (χ0v) is 13.7. The molecule has 3 rings (SSSR count). The van der Waals surface area contributed by atoms with Crippen LogP contribution in [0.1, 0.15) is 35.9 Å². The van der Waals surface area contributed by atoms with E-state index in [9.17, 15) is 5.11 Å². The summed E-state index contributed by atoms with van der Waals surface area (Å²) in [5, 5.41) is 23.0. The largest absolute Gasteiger partial charge is 0.491 e. The molecular weight excluding hydrogens is 306 g/mol. The van der Waals surface area contributed by atoms with E-state index in [0.717, 1.165) is 30.8 Å². The molecule has 24 heavy (non-hydrogen) atoms. The molecule has 1 aliphatic rings. The second kappa shape index (κ2) is 7.47. The number of hydrogen-bond acceptors (Lipinski definition) is 6. The van der Waals surface area contributed by atoms with Crippen LogP contribution in [0.25, 0.3) is 0 Å². The van der Waals surface area contributed by atoms with Crippen molar-refractivity contribution in [3.63, 3.8) is 0 Å². The number of aromatic nitrogens is 1. The van der Waals surface area contributed by atoms with Gasteiger partial charge in [0, 0.05) is 12.6 Å². The van der Waals surface area contributed by atoms with Gasteiger partial charge >= 0.3 is 0 Å². The van der Waals surface area contributed by atoms with Crippen molar-refractivity contribution >= 4 is 0 Å². The Labute approximate surface area is 141 Å². The molecule has 126 valence electrons. The number of aliphatic hydroxyl groups is 1. The van der Waals surface area contributed by atoms with Crippen LogP contribution < -0.4 is 4.74 Å². The summed E-state index contributed by atoms with van der Waals surface area (Å²) in [5.41, 5.74) is 1.46. The number of nitrogens with zero attached hydrogens (tertiary/aromatic N) is 3. The molecule has 2 atom stereocenters. The van der Waals surface area contributed by atoms with Gasteiger partial charge < -0.3 is 14.4 Å². The lowest BCUT2D eigenvalue weighted by Crippen LogP contribution is -2.35. The minimum Gasteiger partial charge on any atom is -0.491 e. The van der Waals surface area contributed by atoms with Gasteiger partial charge in [0.15, 0.2) is 5.76 Å². The second-order valence-electron chi connectivity index (χ2n) is 6.12. The lowest BCUT2D eigenvalue weighted by Gasteiger charge is -2.25. The number of aliphatic hydroxyl groups excluding tert-OH is 1. The van der Waals surface area contributed by atoms with Crippen LogP contribution in [0.4, 0.5) is 0 Å². The Morgan fingerprint density at radius 3 is 2.92 bits per heavy atom. The van der Waals surface area contributed by atoms with Crippen LogP contribution in [0.15, 0.2) is 34.9 Å². The summed E-state index contributed by atoms with van der Waals surface area (Å²) in [4.78, 5) is 2.22. The number of aryl methyl sites for hydroxylation is 1. The average Bonchev–Trinajstić information content (AvgIpc) is 3.22. The molecular formula is C18H21N3O3. The maximum absolute atomic E-state index is 10.3. The van der Waals surface area contributed by atoms with Crippen molar-refractivity contribution in [2.24, 2.45) is 0 Å². The molecule has 0 saturated carbocycles. The fourth-order valence-electron chi connectivity index (χ4n) is 3.05. The summed E-state index contributed by atoms with van der Waals surface area (Å²) in [6, 6.07) is 11.1. The molecule has 0 bridgehead atoms. The van der Waals surface area contributed by atoms with E-state index >= 15 is 0 Å². The number of β-amino-alcohol motifs (C(OH)–C–C–N with tert-alkyl or cyclic N) is 1. The molecule has 1 N–H and O–H groups in total. The Morgan fingerprint density at radius 1 is 1.46 bits per heavy atom. The third kappa shape index (κ3) is 3.94. The highest BCUT2D eigenvalue weighted by Crippen LogP contribution is 2.32. The topological polar surface area (TPSA) is 82.5 Å². The quantitative estimate of drug-likeness (QED) is 0.877. The van der Waals surface area contributed by atoms with Crippen LogP contribution in [0, 0.1) is 18.3 Å². The first-order chi connectivity index (χ1) is 11.7. The van der Waals surface area contributed by atoms with E-state index in [-0.39, 0.29) is 12.6 Å². The summed E-state index contributed by atoms with van der Waals surface area (Å²) in [5.74, 6) is 1.52. The van der Waals surface area contributed by atoms with E-state index in [2.05, 4.69) is 16.1 Å². The van der Waals surface area contributed by atoms with Crippen molar-refractivity contribution in [3.05, 3.63) is 47.3 Å². The summed E-state index contributed by atoms with van der Waals surface area (Å²) >= 11 is 0. The number of hydrogen-bond donors (Lipinski definition) is 1. The predicted molar refractivity (Wildman–Crippen MR) is 87.4 cm³/mol. The highest BCUT2D eigenvalue weighted by molar-refractivity contribution is 5.34. The van der Waals surface area contributed by atoms with Crippen molar-refractivity contribution in [1.82, 2.24) is 10.1 Å². The highest BCUT2D eigenvalue weighted by Gasteiger charge is 2.30. The van der Waals surface area contributed by atoms with Gasteiger partial charge in [-0.15, -0.1) is 0 Å². The van der Waals surface area contributed by atoms with Gasteiger partial charge in [-0.2, -0.15) is 5.26 Å². The molecule has 1 saturated heterocycles. The number of benzene rings is 1. The predicted octanol–water partition coefficient (Wildman–Crippen LogP) is 2.43.